The Hall–Kier alpha value is -2.15. The van der Waals surface area contributed by atoms with Gasteiger partial charge in [-0.25, -0.2) is 0 Å². The van der Waals surface area contributed by atoms with E-state index >= 15 is 0 Å². The van der Waals surface area contributed by atoms with Gasteiger partial charge in [0, 0.05) is 26.7 Å². The number of rotatable bonds is 8. The van der Waals surface area contributed by atoms with Crippen LogP contribution in [0.2, 0.25) is 0 Å². The molecule has 0 aliphatic rings. The molecule has 0 unspecified atom stereocenters. The van der Waals surface area contributed by atoms with Crippen LogP contribution in [0, 0.1) is 10.1 Å². The van der Waals surface area contributed by atoms with Gasteiger partial charge in [0.05, 0.1) is 18.0 Å². The fourth-order valence-electron chi connectivity index (χ4n) is 1.68. The minimum absolute atomic E-state index is 0.0820. The Balaban J connectivity index is 2.76. The van der Waals surface area contributed by atoms with Gasteiger partial charge >= 0.3 is 5.69 Å². The first kappa shape index (κ1) is 16.9. The fourth-order valence-corrected chi connectivity index (χ4v) is 1.68. The molecule has 0 saturated heterocycles. The van der Waals surface area contributed by atoms with Crippen LogP contribution in [0.25, 0.3) is 0 Å². The second-order valence-corrected chi connectivity index (χ2v) is 4.73. The van der Waals surface area contributed by atoms with Gasteiger partial charge in [0.2, 0.25) is 5.91 Å². The number of ether oxygens (including phenoxy) is 1. The van der Waals surface area contributed by atoms with Crippen molar-refractivity contribution in [1.82, 2.24) is 10.2 Å². The summed E-state index contributed by atoms with van der Waals surface area (Å²) in [5.74, 6) is 0.114. The number of hydrogen-bond donors (Lipinski definition) is 1. The van der Waals surface area contributed by atoms with Gasteiger partial charge in [-0.1, -0.05) is 13.0 Å². The summed E-state index contributed by atoms with van der Waals surface area (Å²) in [6.45, 7) is 3.52. The van der Waals surface area contributed by atoms with E-state index in [1.165, 1.54) is 11.0 Å². The van der Waals surface area contributed by atoms with Gasteiger partial charge < -0.3 is 15.0 Å². The first-order chi connectivity index (χ1) is 9.95. The molecule has 0 saturated carbocycles. The topological polar surface area (TPSA) is 84.7 Å². The summed E-state index contributed by atoms with van der Waals surface area (Å²) < 4.78 is 5.42. The lowest BCUT2D eigenvalue weighted by atomic mass is 10.2. The van der Waals surface area contributed by atoms with Gasteiger partial charge in [-0.15, -0.1) is 0 Å². The Morgan fingerprint density at radius 1 is 1.43 bits per heavy atom. The molecule has 1 rings (SSSR count). The summed E-state index contributed by atoms with van der Waals surface area (Å²) in [7, 11) is 3.31. The number of nitrogens with one attached hydrogen (secondary N) is 1. The van der Waals surface area contributed by atoms with Crippen molar-refractivity contribution in [2.45, 2.75) is 19.9 Å². The Morgan fingerprint density at radius 2 is 2.14 bits per heavy atom. The van der Waals surface area contributed by atoms with Crippen LogP contribution in [0.15, 0.2) is 18.2 Å². The van der Waals surface area contributed by atoms with E-state index in [9.17, 15) is 14.9 Å². The average molecular weight is 295 g/mol. The van der Waals surface area contributed by atoms with Crippen molar-refractivity contribution in [3.05, 3.63) is 33.9 Å². The summed E-state index contributed by atoms with van der Waals surface area (Å²) in [5.41, 5.74) is 0.809. The third-order valence-electron chi connectivity index (χ3n) is 2.87. The van der Waals surface area contributed by atoms with E-state index in [0.717, 1.165) is 12.1 Å². The van der Waals surface area contributed by atoms with Gasteiger partial charge in [-0.3, -0.25) is 14.9 Å². The molecule has 7 nitrogen and oxygen atoms in total. The summed E-state index contributed by atoms with van der Waals surface area (Å²) in [6.07, 6.45) is 0.182. The zero-order chi connectivity index (χ0) is 15.8. The second kappa shape index (κ2) is 8.21. The molecule has 0 aromatic heterocycles. The molecule has 0 bridgehead atoms. The highest BCUT2D eigenvalue weighted by Crippen LogP contribution is 2.28. The van der Waals surface area contributed by atoms with Crippen molar-refractivity contribution in [2.24, 2.45) is 0 Å². The van der Waals surface area contributed by atoms with Crippen LogP contribution in [0.4, 0.5) is 5.69 Å². The monoisotopic (exact) mass is 295 g/mol. The summed E-state index contributed by atoms with van der Waals surface area (Å²) >= 11 is 0. The predicted octanol–water partition coefficient (Wildman–Crippen LogP) is 1.56. The molecule has 1 aromatic carbocycles. The Morgan fingerprint density at radius 3 is 2.71 bits per heavy atom. The molecule has 1 aromatic rings. The number of hydrogen-bond acceptors (Lipinski definition) is 5. The smallest absolute Gasteiger partial charge is 0.310 e. The Bertz CT molecular complexity index is 503. The number of carbonyl (C=O) groups excluding carboxylic acids is 1. The highest BCUT2D eigenvalue weighted by atomic mass is 16.6. The number of carbonyl (C=O) groups is 1. The van der Waals surface area contributed by atoms with Crippen LogP contribution in [-0.4, -0.2) is 43.0 Å². The SMILES string of the molecule is CCNCc1ccc([N+](=O)[O-])c(OCCC(=O)N(C)C)c1. The molecule has 1 amide bonds. The lowest BCUT2D eigenvalue weighted by Gasteiger charge is -2.12. The molecular weight excluding hydrogens is 274 g/mol. The van der Waals surface area contributed by atoms with E-state index in [1.807, 2.05) is 6.92 Å². The van der Waals surface area contributed by atoms with E-state index in [-0.39, 0.29) is 30.4 Å². The van der Waals surface area contributed by atoms with Gasteiger partial charge in [-0.2, -0.15) is 0 Å². The maximum atomic E-state index is 11.5. The van der Waals surface area contributed by atoms with Crippen LogP contribution in [0.5, 0.6) is 5.75 Å². The highest BCUT2D eigenvalue weighted by Gasteiger charge is 2.16. The highest BCUT2D eigenvalue weighted by molar-refractivity contribution is 5.75. The van der Waals surface area contributed by atoms with Gasteiger partial charge in [0.25, 0.3) is 0 Å². The van der Waals surface area contributed by atoms with Gasteiger partial charge in [-0.05, 0) is 18.2 Å². The maximum Gasteiger partial charge on any atom is 0.310 e. The van der Waals surface area contributed by atoms with Crippen molar-refractivity contribution in [1.29, 1.82) is 0 Å². The van der Waals surface area contributed by atoms with Crippen molar-refractivity contribution in [2.75, 3.05) is 27.2 Å². The molecule has 1 N–H and O–H groups in total. The zero-order valence-electron chi connectivity index (χ0n) is 12.6. The predicted molar refractivity (Wildman–Crippen MR) is 79.3 cm³/mol. The summed E-state index contributed by atoms with van der Waals surface area (Å²) in [5, 5.41) is 14.1. The van der Waals surface area contributed by atoms with Crippen LogP contribution in [-0.2, 0) is 11.3 Å². The standard InChI is InChI=1S/C14H21N3O4/c1-4-15-10-11-5-6-12(17(19)20)13(9-11)21-8-7-14(18)16(2)3/h5-6,9,15H,4,7-8,10H2,1-3H3. The van der Waals surface area contributed by atoms with E-state index in [0.29, 0.717) is 6.54 Å². The molecule has 21 heavy (non-hydrogen) atoms. The Kier molecular flexibility index (Phi) is 6.61. The van der Waals surface area contributed by atoms with Crippen LogP contribution < -0.4 is 10.1 Å². The van der Waals surface area contributed by atoms with Crippen molar-refractivity contribution in [3.63, 3.8) is 0 Å². The Labute approximate surface area is 124 Å². The minimum atomic E-state index is -0.486. The van der Waals surface area contributed by atoms with Crippen molar-refractivity contribution in [3.8, 4) is 5.75 Å². The molecule has 0 aliphatic carbocycles. The second-order valence-electron chi connectivity index (χ2n) is 4.73. The number of nitro benzene ring substituents is 1. The van der Waals surface area contributed by atoms with E-state index in [2.05, 4.69) is 5.32 Å². The van der Waals surface area contributed by atoms with E-state index in [4.69, 9.17) is 4.74 Å². The number of amides is 1. The normalized spacial score (nSPS) is 10.2. The van der Waals surface area contributed by atoms with Gasteiger partial charge in [0.15, 0.2) is 5.75 Å². The molecule has 116 valence electrons. The largest absolute Gasteiger partial charge is 0.486 e. The van der Waals surface area contributed by atoms with Crippen molar-refractivity contribution >= 4 is 11.6 Å². The first-order valence-electron chi connectivity index (χ1n) is 6.76. The van der Waals surface area contributed by atoms with Gasteiger partial charge in [0.1, 0.15) is 0 Å². The molecule has 0 spiro atoms. The number of nitrogens with zero attached hydrogens (tertiary/aromatic N) is 2. The first-order valence-corrected chi connectivity index (χ1v) is 6.76. The van der Waals surface area contributed by atoms with E-state index < -0.39 is 4.92 Å². The molecular formula is C14H21N3O4. The average Bonchev–Trinajstić information content (AvgIpc) is 2.44. The number of nitro groups is 1. The van der Waals surface area contributed by atoms with Crippen LogP contribution >= 0.6 is 0 Å². The molecule has 0 atom stereocenters. The van der Waals surface area contributed by atoms with Crippen LogP contribution in [0.3, 0.4) is 0 Å². The molecule has 0 aliphatic heterocycles. The molecule has 7 heteroatoms. The minimum Gasteiger partial charge on any atom is -0.486 e. The summed E-state index contributed by atoms with van der Waals surface area (Å²) in [4.78, 5) is 23.4. The summed E-state index contributed by atoms with van der Waals surface area (Å²) in [6, 6.07) is 4.76. The third-order valence-corrected chi connectivity index (χ3v) is 2.87. The molecule has 0 heterocycles. The van der Waals surface area contributed by atoms with Crippen molar-refractivity contribution < 1.29 is 14.5 Å². The lowest BCUT2D eigenvalue weighted by molar-refractivity contribution is -0.385. The molecule has 0 fully saturated rings. The van der Waals surface area contributed by atoms with E-state index in [1.54, 1.807) is 26.2 Å². The quantitative estimate of drug-likeness (QED) is 0.581. The molecule has 0 radical (unpaired) electrons. The fraction of sp³-hybridized carbons (Fsp3) is 0.500. The van der Waals surface area contributed by atoms with Crippen LogP contribution in [0.1, 0.15) is 18.9 Å². The lowest BCUT2D eigenvalue weighted by Crippen LogP contribution is -2.23. The maximum absolute atomic E-state index is 11.5. The number of benzene rings is 1. The third kappa shape index (κ3) is 5.39. The zero-order valence-corrected chi connectivity index (χ0v) is 12.6.